The highest BCUT2D eigenvalue weighted by Crippen LogP contribution is 2.19. The summed E-state index contributed by atoms with van der Waals surface area (Å²) in [6.45, 7) is 5.41. The highest BCUT2D eigenvalue weighted by Gasteiger charge is 2.22. The van der Waals surface area contributed by atoms with Gasteiger partial charge in [-0.2, -0.15) is 0 Å². The van der Waals surface area contributed by atoms with Crippen LogP contribution in [-0.2, 0) is 6.54 Å². The largest absolute Gasteiger partial charge is 0.490 e. The van der Waals surface area contributed by atoms with Crippen molar-refractivity contribution < 1.29 is 4.74 Å². The highest BCUT2D eigenvalue weighted by molar-refractivity contribution is 5.80. The van der Waals surface area contributed by atoms with Gasteiger partial charge in [0, 0.05) is 46.6 Å². The molecule has 1 fully saturated rings. The van der Waals surface area contributed by atoms with Crippen LogP contribution in [0.25, 0.3) is 0 Å². The van der Waals surface area contributed by atoms with Crippen molar-refractivity contribution in [1.29, 1.82) is 0 Å². The summed E-state index contributed by atoms with van der Waals surface area (Å²) in [4.78, 5) is 13.8. The molecule has 1 aromatic carbocycles. The summed E-state index contributed by atoms with van der Waals surface area (Å²) < 4.78 is 6.11. The molecular formula is C22H31N5O. The molecule has 0 saturated carbocycles. The van der Waals surface area contributed by atoms with Gasteiger partial charge in [0.15, 0.2) is 5.96 Å². The molecule has 1 aliphatic heterocycles. The Morgan fingerprint density at radius 3 is 2.57 bits per heavy atom. The minimum absolute atomic E-state index is 0.264. The van der Waals surface area contributed by atoms with E-state index in [1.54, 1.807) is 0 Å². The lowest BCUT2D eigenvalue weighted by molar-refractivity contribution is 0.129. The van der Waals surface area contributed by atoms with Crippen molar-refractivity contribution in [2.45, 2.75) is 32.4 Å². The molecule has 0 amide bonds. The van der Waals surface area contributed by atoms with E-state index in [-0.39, 0.29) is 6.10 Å². The zero-order chi connectivity index (χ0) is 19.8. The lowest BCUT2D eigenvalue weighted by Gasteiger charge is -2.34. The Balaban J connectivity index is 1.58. The van der Waals surface area contributed by atoms with E-state index in [4.69, 9.17) is 9.73 Å². The van der Waals surface area contributed by atoms with Crippen molar-refractivity contribution in [1.82, 2.24) is 15.2 Å². The van der Waals surface area contributed by atoms with Gasteiger partial charge in [-0.1, -0.05) is 24.3 Å². The zero-order valence-corrected chi connectivity index (χ0v) is 17.1. The first-order valence-electron chi connectivity index (χ1n) is 10.0. The van der Waals surface area contributed by atoms with Crippen molar-refractivity contribution in [3.8, 4) is 5.75 Å². The number of nitrogens with zero attached hydrogens (tertiary/aromatic N) is 4. The number of aliphatic imine (C=N–C) groups is 1. The van der Waals surface area contributed by atoms with Crippen LogP contribution in [0, 0.1) is 0 Å². The van der Waals surface area contributed by atoms with Crippen LogP contribution in [-0.4, -0.2) is 55.7 Å². The van der Waals surface area contributed by atoms with Crippen molar-refractivity contribution in [2.24, 2.45) is 4.99 Å². The maximum atomic E-state index is 6.11. The minimum Gasteiger partial charge on any atom is -0.490 e. The average molecular weight is 382 g/mol. The van der Waals surface area contributed by atoms with Gasteiger partial charge < -0.3 is 19.9 Å². The Morgan fingerprint density at radius 1 is 1.14 bits per heavy atom. The second-order valence-electron chi connectivity index (χ2n) is 7.17. The number of nitrogens with one attached hydrogen (secondary N) is 1. The zero-order valence-electron chi connectivity index (χ0n) is 17.1. The summed E-state index contributed by atoms with van der Waals surface area (Å²) in [5.41, 5.74) is 0.976. The number of hydrogen-bond acceptors (Lipinski definition) is 4. The van der Waals surface area contributed by atoms with Crippen LogP contribution in [0.2, 0.25) is 0 Å². The van der Waals surface area contributed by atoms with E-state index in [2.05, 4.69) is 22.1 Å². The first-order chi connectivity index (χ1) is 13.7. The van der Waals surface area contributed by atoms with Gasteiger partial charge >= 0.3 is 0 Å². The molecule has 0 bridgehead atoms. The van der Waals surface area contributed by atoms with Gasteiger partial charge in [0.05, 0.1) is 12.2 Å². The number of hydrogen-bond donors (Lipinski definition) is 1. The van der Waals surface area contributed by atoms with E-state index < -0.39 is 0 Å². The highest BCUT2D eigenvalue weighted by atomic mass is 16.5. The van der Waals surface area contributed by atoms with Crippen LogP contribution in [0.15, 0.2) is 53.5 Å². The number of aromatic nitrogens is 1. The summed E-state index contributed by atoms with van der Waals surface area (Å²) in [5, 5.41) is 3.42. The Morgan fingerprint density at radius 2 is 1.89 bits per heavy atom. The number of piperidine rings is 1. The second kappa shape index (κ2) is 9.97. The predicted octanol–water partition coefficient (Wildman–Crippen LogP) is 3.16. The maximum Gasteiger partial charge on any atom is 0.194 e. The number of para-hydroxylation sites is 1. The normalized spacial score (nSPS) is 15.4. The molecule has 2 aromatic rings. The van der Waals surface area contributed by atoms with E-state index >= 15 is 0 Å². The number of ether oxygens (including phenoxy) is 1. The molecule has 0 unspecified atom stereocenters. The summed E-state index contributed by atoms with van der Waals surface area (Å²) >= 11 is 0. The molecule has 2 heterocycles. The predicted molar refractivity (Wildman–Crippen MR) is 115 cm³/mol. The monoisotopic (exact) mass is 381 g/mol. The van der Waals surface area contributed by atoms with Crippen molar-refractivity contribution in [3.63, 3.8) is 0 Å². The SMILES string of the molecule is CCNC(=NCc1cccc(N(C)C)n1)N1CCC(Oc2ccccc2)CC1. The van der Waals surface area contributed by atoms with Crippen molar-refractivity contribution in [2.75, 3.05) is 38.6 Å². The van der Waals surface area contributed by atoms with Crippen molar-refractivity contribution >= 4 is 11.8 Å². The summed E-state index contributed by atoms with van der Waals surface area (Å²) in [7, 11) is 4.00. The van der Waals surface area contributed by atoms with Gasteiger partial charge in [0.2, 0.25) is 0 Å². The molecule has 28 heavy (non-hydrogen) atoms. The minimum atomic E-state index is 0.264. The molecule has 0 spiro atoms. The third kappa shape index (κ3) is 5.62. The molecule has 1 aliphatic rings. The topological polar surface area (TPSA) is 53.0 Å². The van der Waals surface area contributed by atoms with Crippen LogP contribution < -0.4 is 15.0 Å². The van der Waals surface area contributed by atoms with E-state index in [9.17, 15) is 0 Å². The van der Waals surface area contributed by atoms with Gasteiger partial charge in [-0.05, 0) is 31.2 Å². The first-order valence-corrected chi connectivity index (χ1v) is 10.0. The molecule has 150 valence electrons. The number of anilines is 1. The summed E-state index contributed by atoms with van der Waals surface area (Å²) in [6, 6.07) is 16.2. The van der Waals surface area contributed by atoms with Crippen LogP contribution in [0.3, 0.4) is 0 Å². The number of guanidine groups is 1. The molecule has 6 heteroatoms. The van der Waals surface area contributed by atoms with E-state index in [0.717, 1.165) is 55.7 Å². The van der Waals surface area contributed by atoms with Crippen LogP contribution >= 0.6 is 0 Å². The third-order valence-electron chi connectivity index (χ3n) is 4.76. The molecule has 6 nitrogen and oxygen atoms in total. The number of benzene rings is 1. The molecule has 1 N–H and O–H groups in total. The molecule has 0 atom stereocenters. The molecule has 1 saturated heterocycles. The van der Waals surface area contributed by atoms with Gasteiger partial charge in [0.25, 0.3) is 0 Å². The molecule has 0 aliphatic carbocycles. The Labute approximate surface area is 168 Å². The smallest absolute Gasteiger partial charge is 0.194 e. The summed E-state index contributed by atoms with van der Waals surface area (Å²) in [5.74, 6) is 2.86. The maximum absolute atomic E-state index is 6.11. The second-order valence-corrected chi connectivity index (χ2v) is 7.17. The van der Waals surface area contributed by atoms with E-state index in [1.165, 1.54) is 0 Å². The van der Waals surface area contributed by atoms with Gasteiger partial charge in [-0.25, -0.2) is 9.98 Å². The van der Waals surface area contributed by atoms with Crippen LogP contribution in [0.1, 0.15) is 25.5 Å². The number of rotatable bonds is 6. The average Bonchev–Trinajstić information content (AvgIpc) is 2.73. The quantitative estimate of drug-likeness (QED) is 0.615. The fourth-order valence-electron chi connectivity index (χ4n) is 3.26. The fourth-order valence-corrected chi connectivity index (χ4v) is 3.26. The van der Waals surface area contributed by atoms with E-state index in [0.29, 0.717) is 6.54 Å². The van der Waals surface area contributed by atoms with Crippen LogP contribution in [0.4, 0.5) is 5.82 Å². The number of likely N-dealkylation sites (tertiary alicyclic amines) is 1. The lowest BCUT2D eigenvalue weighted by Crippen LogP contribution is -2.47. The number of pyridine rings is 1. The van der Waals surface area contributed by atoms with Gasteiger partial charge in [-0.3, -0.25) is 0 Å². The summed E-state index contributed by atoms with van der Waals surface area (Å²) in [6.07, 6.45) is 2.25. The lowest BCUT2D eigenvalue weighted by atomic mass is 10.1. The Hall–Kier alpha value is -2.76. The van der Waals surface area contributed by atoms with Gasteiger partial charge in [-0.15, -0.1) is 0 Å². The molecule has 3 rings (SSSR count). The standard InChI is InChI=1S/C22H31N5O/c1-4-23-22(24-17-18-9-8-12-21(25-18)26(2)3)27-15-13-20(14-16-27)28-19-10-6-5-7-11-19/h5-12,20H,4,13-17H2,1-3H3,(H,23,24). The van der Waals surface area contributed by atoms with E-state index in [1.807, 2.05) is 67.5 Å². The van der Waals surface area contributed by atoms with Crippen LogP contribution in [0.5, 0.6) is 5.75 Å². The Kier molecular flexibility index (Phi) is 7.12. The third-order valence-corrected chi connectivity index (χ3v) is 4.76. The first kappa shape index (κ1) is 20.0. The van der Waals surface area contributed by atoms with Crippen molar-refractivity contribution in [3.05, 3.63) is 54.2 Å². The fraction of sp³-hybridized carbons (Fsp3) is 0.455. The molecular weight excluding hydrogens is 350 g/mol. The van der Waals surface area contributed by atoms with Gasteiger partial charge in [0.1, 0.15) is 17.7 Å². The molecule has 0 radical (unpaired) electrons. The molecule has 1 aromatic heterocycles. The Bertz CT molecular complexity index is 755.